The van der Waals surface area contributed by atoms with Gasteiger partial charge in [0.15, 0.2) is 23.0 Å². The zero-order valence-corrected chi connectivity index (χ0v) is 18.0. The van der Waals surface area contributed by atoms with Crippen LogP contribution in [0.1, 0.15) is 6.85 Å². The van der Waals surface area contributed by atoms with Crippen molar-refractivity contribution in [3.63, 3.8) is 0 Å². The van der Waals surface area contributed by atoms with Gasteiger partial charge in [-0.05, 0) is 18.2 Å². The Labute approximate surface area is 197 Å². The van der Waals surface area contributed by atoms with Crippen molar-refractivity contribution in [2.24, 2.45) is 0 Å². The number of hydrogen-bond donors (Lipinski definition) is 1. The predicted molar refractivity (Wildman–Crippen MR) is 122 cm³/mol. The minimum absolute atomic E-state index is 0.0335. The summed E-state index contributed by atoms with van der Waals surface area (Å²) >= 11 is 0. The molecule has 5 rings (SSSR count). The summed E-state index contributed by atoms with van der Waals surface area (Å²) in [4.78, 5) is 23.9. The van der Waals surface area contributed by atoms with Gasteiger partial charge in [0, 0.05) is 37.5 Å². The summed E-state index contributed by atoms with van der Waals surface area (Å²) in [6.07, 6.45) is -2.39. The maximum absolute atomic E-state index is 13.5. The molecule has 1 atom stereocenters. The molecule has 0 bridgehead atoms. The van der Waals surface area contributed by atoms with Crippen LogP contribution in [-0.4, -0.2) is 73.8 Å². The third-order valence-corrected chi connectivity index (χ3v) is 5.22. The molecule has 10 heteroatoms. The molecule has 33 heavy (non-hydrogen) atoms. The molecule has 1 amide bonds. The molecule has 1 unspecified atom stereocenters. The van der Waals surface area contributed by atoms with E-state index in [0.717, 1.165) is 0 Å². The summed E-state index contributed by atoms with van der Waals surface area (Å²) in [5.74, 6) is 0.104. The Morgan fingerprint density at radius 3 is 2.58 bits per heavy atom. The number of aromatic nitrogens is 2. The average Bonchev–Trinajstić information content (AvgIpc) is 2.86. The van der Waals surface area contributed by atoms with Gasteiger partial charge < -0.3 is 34.5 Å². The number of carbonyl (C=O) groups is 1. The molecule has 2 N–H and O–H groups in total. The number of anilines is 2. The standard InChI is InChI=1S/C23H25N5O5/c1-30-18-11-14-15(12-19(18)31-2)25-23(26-21(14)24)28-9-7-27(8-10-28)22(29)20-13-32-16-5-3-4-6-17(16)33-20/h3-6,11-12,20H,7-10,13H2,1-2H3,(H2,24,25,26)/i7D2,8D2,20D. The topological polar surface area (TPSA) is 112 Å². The lowest BCUT2D eigenvalue weighted by molar-refractivity contribution is -0.141. The van der Waals surface area contributed by atoms with Crippen LogP contribution in [0.3, 0.4) is 0 Å². The molecule has 0 spiro atoms. The highest BCUT2D eigenvalue weighted by Gasteiger charge is 2.33. The maximum Gasteiger partial charge on any atom is 0.267 e. The fourth-order valence-electron chi connectivity index (χ4n) is 3.51. The summed E-state index contributed by atoms with van der Waals surface area (Å²) in [5, 5.41) is 0.470. The number of rotatable bonds is 4. The van der Waals surface area contributed by atoms with Crippen molar-refractivity contribution in [2.75, 3.05) is 57.5 Å². The Kier molecular flexibility index (Phi) is 4.08. The summed E-state index contributed by atoms with van der Waals surface area (Å²) in [5.41, 5.74) is 6.54. The first kappa shape index (κ1) is 15.8. The minimum Gasteiger partial charge on any atom is -0.493 e. The van der Waals surface area contributed by atoms with Crippen LogP contribution in [0.5, 0.6) is 23.0 Å². The highest BCUT2D eigenvalue weighted by molar-refractivity contribution is 5.91. The number of ether oxygens (including phenoxy) is 4. The number of para-hydroxylation sites is 2. The van der Waals surface area contributed by atoms with Gasteiger partial charge in [0.1, 0.15) is 12.4 Å². The molecule has 3 heterocycles. The SMILES string of the molecule is [2H]C1(C(=O)N2C([2H])([2H])CN(c3nc(N)c4cc(OC)c(OC)cc4n3)CC2([2H])[2H])COc2ccccc2O1. The Morgan fingerprint density at radius 1 is 1.15 bits per heavy atom. The monoisotopic (exact) mass is 456 g/mol. The summed E-state index contributed by atoms with van der Waals surface area (Å²) < 4.78 is 64.8. The van der Waals surface area contributed by atoms with E-state index in [1.165, 1.54) is 25.2 Å². The van der Waals surface area contributed by atoms with Crippen molar-refractivity contribution in [3.05, 3.63) is 36.4 Å². The van der Waals surface area contributed by atoms with Crippen LogP contribution in [-0.2, 0) is 4.79 Å². The Morgan fingerprint density at radius 2 is 1.85 bits per heavy atom. The van der Waals surface area contributed by atoms with Crippen LogP contribution >= 0.6 is 0 Å². The molecule has 10 nitrogen and oxygen atoms in total. The van der Waals surface area contributed by atoms with Crippen LogP contribution in [0, 0.1) is 0 Å². The van der Waals surface area contributed by atoms with Crippen LogP contribution in [0.25, 0.3) is 10.9 Å². The zero-order valence-electron chi connectivity index (χ0n) is 23.0. The largest absolute Gasteiger partial charge is 0.493 e. The van der Waals surface area contributed by atoms with Crippen LogP contribution in [0.2, 0.25) is 0 Å². The molecular formula is C23H25N5O5. The summed E-state index contributed by atoms with van der Waals surface area (Å²) in [6.45, 7) is -6.70. The lowest BCUT2D eigenvalue weighted by Gasteiger charge is -2.37. The molecule has 3 aromatic rings. The molecule has 0 aliphatic carbocycles. The fourth-order valence-corrected chi connectivity index (χ4v) is 3.51. The Hall–Kier alpha value is -3.95. The third-order valence-electron chi connectivity index (χ3n) is 5.22. The minimum atomic E-state index is -2.59. The fraction of sp³-hybridized carbons (Fsp3) is 0.348. The average molecular weight is 457 g/mol. The number of nitrogens with zero attached hydrogens (tertiary/aromatic N) is 4. The first-order chi connectivity index (χ1) is 17.9. The molecule has 0 radical (unpaired) electrons. The van der Waals surface area contributed by atoms with Gasteiger partial charge in [0.25, 0.3) is 5.91 Å². The second-order valence-corrected chi connectivity index (χ2v) is 7.21. The van der Waals surface area contributed by atoms with E-state index in [1.54, 1.807) is 30.3 Å². The van der Waals surface area contributed by atoms with Crippen molar-refractivity contribution >= 4 is 28.6 Å². The van der Waals surface area contributed by atoms with E-state index in [9.17, 15) is 4.79 Å². The summed E-state index contributed by atoms with van der Waals surface area (Å²) in [7, 11) is 2.94. The van der Waals surface area contributed by atoms with E-state index in [-0.39, 0.29) is 17.5 Å². The van der Waals surface area contributed by atoms with Gasteiger partial charge in [-0.25, -0.2) is 4.98 Å². The van der Waals surface area contributed by atoms with E-state index in [4.69, 9.17) is 31.5 Å². The van der Waals surface area contributed by atoms with E-state index < -0.39 is 44.7 Å². The van der Waals surface area contributed by atoms with Crippen molar-refractivity contribution < 1.29 is 30.6 Å². The second-order valence-electron chi connectivity index (χ2n) is 7.21. The number of fused-ring (bicyclic) bond motifs is 2. The van der Waals surface area contributed by atoms with E-state index in [1.807, 2.05) is 0 Å². The smallest absolute Gasteiger partial charge is 0.267 e. The molecule has 2 aliphatic rings. The van der Waals surface area contributed by atoms with E-state index in [2.05, 4.69) is 9.97 Å². The van der Waals surface area contributed by atoms with Gasteiger partial charge in [-0.15, -0.1) is 0 Å². The number of amides is 1. The number of carbonyl (C=O) groups excluding carboxylic acids is 1. The molecular weight excluding hydrogens is 426 g/mol. The first-order valence-corrected chi connectivity index (χ1v) is 10.1. The number of nitrogen functional groups attached to an aromatic ring is 1. The highest BCUT2D eigenvalue weighted by atomic mass is 16.6. The lowest BCUT2D eigenvalue weighted by atomic mass is 10.2. The van der Waals surface area contributed by atoms with Crippen molar-refractivity contribution in [3.8, 4) is 23.0 Å². The van der Waals surface area contributed by atoms with Gasteiger partial charge in [0.05, 0.1) is 26.6 Å². The zero-order chi connectivity index (χ0) is 27.5. The van der Waals surface area contributed by atoms with Gasteiger partial charge >= 0.3 is 0 Å². The highest BCUT2D eigenvalue weighted by Crippen LogP contribution is 2.34. The number of benzene rings is 2. The number of methoxy groups -OCH3 is 2. The first-order valence-electron chi connectivity index (χ1n) is 12.6. The van der Waals surface area contributed by atoms with Gasteiger partial charge in [-0.3, -0.25) is 4.79 Å². The Balaban J connectivity index is 1.47. The molecule has 1 saturated heterocycles. The van der Waals surface area contributed by atoms with Crippen molar-refractivity contribution in [2.45, 2.75) is 6.08 Å². The number of nitrogens with two attached hydrogens (primary N) is 1. The lowest BCUT2D eigenvalue weighted by Crippen LogP contribution is -2.54. The maximum atomic E-state index is 13.5. The Bertz CT molecular complexity index is 1410. The normalized spacial score (nSPS) is 25.2. The van der Waals surface area contributed by atoms with Gasteiger partial charge in [-0.2, -0.15) is 4.98 Å². The van der Waals surface area contributed by atoms with E-state index >= 15 is 0 Å². The number of piperazine rings is 1. The third kappa shape index (κ3) is 3.88. The number of hydrogen-bond acceptors (Lipinski definition) is 9. The molecule has 1 fully saturated rings. The van der Waals surface area contributed by atoms with E-state index in [0.29, 0.717) is 33.1 Å². The van der Waals surface area contributed by atoms with Crippen LogP contribution in [0.15, 0.2) is 36.4 Å². The van der Waals surface area contributed by atoms with Gasteiger partial charge in [0.2, 0.25) is 12.0 Å². The van der Waals surface area contributed by atoms with Crippen LogP contribution < -0.4 is 29.6 Å². The predicted octanol–water partition coefficient (Wildman–Crippen LogP) is 1.72. The molecule has 172 valence electrons. The summed E-state index contributed by atoms with van der Waals surface area (Å²) in [6, 6.07) is 9.65. The molecule has 1 aromatic heterocycles. The van der Waals surface area contributed by atoms with Crippen LogP contribution in [0.4, 0.5) is 11.8 Å². The molecule has 0 saturated carbocycles. The van der Waals surface area contributed by atoms with Crippen molar-refractivity contribution in [1.82, 2.24) is 14.9 Å². The van der Waals surface area contributed by atoms with Crippen molar-refractivity contribution in [1.29, 1.82) is 0 Å². The molecule has 2 aromatic carbocycles. The molecule has 2 aliphatic heterocycles. The quantitative estimate of drug-likeness (QED) is 0.627. The second kappa shape index (κ2) is 8.53. The van der Waals surface area contributed by atoms with Gasteiger partial charge in [-0.1, -0.05) is 12.1 Å².